The van der Waals surface area contributed by atoms with Gasteiger partial charge in [-0.05, 0) is 60.7 Å². The lowest BCUT2D eigenvalue weighted by Crippen LogP contribution is -2.18. The van der Waals surface area contributed by atoms with E-state index in [4.69, 9.17) is 9.47 Å². The monoisotopic (exact) mass is 422 g/mol. The standard InChI is InChI=1S/C23H22N2O4S/c1-28-19-11-7-17(8-12-19)24-22(26)15-30-16-23(27)25-18-9-13-21(14-10-18)29-20-5-3-2-4-6-20/h2-14H,15-16H2,1H3,(H,24,26)(H,25,27). The first-order valence-electron chi connectivity index (χ1n) is 9.27. The molecule has 0 atom stereocenters. The molecule has 0 heterocycles. The molecule has 30 heavy (non-hydrogen) atoms. The molecule has 3 rings (SSSR count). The van der Waals surface area contributed by atoms with E-state index in [1.807, 2.05) is 30.3 Å². The first-order chi connectivity index (χ1) is 14.6. The molecule has 0 aliphatic carbocycles. The average Bonchev–Trinajstić information content (AvgIpc) is 2.76. The van der Waals surface area contributed by atoms with Crippen LogP contribution in [0.2, 0.25) is 0 Å². The Balaban J connectivity index is 1.38. The Labute approximate surface area is 179 Å². The van der Waals surface area contributed by atoms with Crippen molar-refractivity contribution in [1.82, 2.24) is 0 Å². The highest BCUT2D eigenvalue weighted by Crippen LogP contribution is 2.22. The number of hydrogen-bond acceptors (Lipinski definition) is 5. The number of carbonyl (C=O) groups is 2. The van der Waals surface area contributed by atoms with E-state index in [1.165, 1.54) is 11.8 Å². The van der Waals surface area contributed by atoms with Crippen LogP contribution in [0.1, 0.15) is 0 Å². The van der Waals surface area contributed by atoms with Gasteiger partial charge >= 0.3 is 0 Å². The van der Waals surface area contributed by atoms with Gasteiger partial charge in [0, 0.05) is 11.4 Å². The molecule has 0 aromatic heterocycles. The van der Waals surface area contributed by atoms with Gasteiger partial charge in [0.1, 0.15) is 17.2 Å². The summed E-state index contributed by atoms with van der Waals surface area (Å²) in [6.45, 7) is 0. The normalized spacial score (nSPS) is 10.2. The number of amides is 2. The Morgan fingerprint density at radius 2 is 1.17 bits per heavy atom. The molecule has 0 saturated heterocycles. The molecule has 0 radical (unpaired) electrons. The van der Waals surface area contributed by atoms with Crippen molar-refractivity contribution < 1.29 is 19.1 Å². The van der Waals surface area contributed by atoms with Gasteiger partial charge in [-0.2, -0.15) is 0 Å². The van der Waals surface area contributed by atoms with Gasteiger partial charge in [0.15, 0.2) is 0 Å². The zero-order chi connectivity index (χ0) is 21.2. The molecule has 0 aliphatic heterocycles. The Hall–Kier alpha value is -3.45. The maximum Gasteiger partial charge on any atom is 0.234 e. The van der Waals surface area contributed by atoms with Crippen LogP contribution in [-0.4, -0.2) is 30.4 Å². The summed E-state index contributed by atoms with van der Waals surface area (Å²) in [4.78, 5) is 24.1. The van der Waals surface area contributed by atoms with Gasteiger partial charge in [0.2, 0.25) is 11.8 Å². The number of rotatable bonds is 9. The molecular weight excluding hydrogens is 400 g/mol. The first kappa shape index (κ1) is 21.3. The summed E-state index contributed by atoms with van der Waals surface area (Å²) in [7, 11) is 1.59. The van der Waals surface area contributed by atoms with Crippen molar-refractivity contribution in [3.05, 3.63) is 78.9 Å². The molecule has 3 aromatic carbocycles. The highest BCUT2D eigenvalue weighted by atomic mass is 32.2. The molecule has 0 unspecified atom stereocenters. The van der Waals surface area contributed by atoms with Crippen molar-refractivity contribution in [2.75, 3.05) is 29.2 Å². The van der Waals surface area contributed by atoms with Crippen molar-refractivity contribution in [3.8, 4) is 17.2 Å². The predicted molar refractivity (Wildman–Crippen MR) is 121 cm³/mol. The largest absolute Gasteiger partial charge is 0.497 e. The smallest absolute Gasteiger partial charge is 0.234 e. The first-order valence-corrected chi connectivity index (χ1v) is 10.4. The fourth-order valence-corrected chi connectivity index (χ4v) is 3.15. The average molecular weight is 423 g/mol. The number of hydrogen-bond donors (Lipinski definition) is 2. The van der Waals surface area contributed by atoms with E-state index in [0.717, 1.165) is 11.5 Å². The number of ether oxygens (including phenoxy) is 2. The van der Waals surface area contributed by atoms with Gasteiger partial charge in [-0.15, -0.1) is 11.8 Å². The maximum absolute atomic E-state index is 12.1. The fraction of sp³-hybridized carbons (Fsp3) is 0.130. The summed E-state index contributed by atoms with van der Waals surface area (Å²) in [6.07, 6.45) is 0. The lowest BCUT2D eigenvalue weighted by Gasteiger charge is -2.08. The maximum atomic E-state index is 12.1. The van der Waals surface area contributed by atoms with Crippen LogP contribution in [0.3, 0.4) is 0 Å². The molecule has 2 amide bonds. The van der Waals surface area contributed by atoms with Crippen molar-refractivity contribution in [2.24, 2.45) is 0 Å². The molecule has 7 heteroatoms. The van der Waals surface area contributed by atoms with Crippen molar-refractivity contribution >= 4 is 35.0 Å². The number of benzene rings is 3. The van der Waals surface area contributed by atoms with Crippen LogP contribution in [-0.2, 0) is 9.59 Å². The number of carbonyl (C=O) groups excluding carboxylic acids is 2. The van der Waals surface area contributed by atoms with Crippen LogP contribution >= 0.6 is 11.8 Å². The second-order valence-electron chi connectivity index (χ2n) is 6.26. The lowest BCUT2D eigenvalue weighted by molar-refractivity contribution is -0.114. The van der Waals surface area contributed by atoms with Crippen molar-refractivity contribution in [1.29, 1.82) is 0 Å². The minimum Gasteiger partial charge on any atom is -0.497 e. The summed E-state index contributed by atoms with van der Waals surface area (Å²) >= 11 is 1.25. The van der Waals surface area contributed by atoms with Crippen molar-refractivity contribution in [2.45, 2.75) is 0 Å². The highest BCUT2D eigenvalue weighted by molar-refractivity contribution is 8.00. The quantitative estimate of drug-likeness (QED) is 0.518. The molecule has 3 aromatic rings. The second-order valence-corrected chi connectivity index (χ2v) is 7.24. The van der Waals surface area contributed by atoms with Crippen LogP contribution in [0.5, 0.6) is 17.2 Å². The van der Waals surface area contributed by atoms with Crippen LogP contribution < -0.4 is 20.1 Å². The van der Waals surface area contributed by atoms with E-state index >= 15 is 0 Å². The minimum atomic E-state index is -0.172. The van der Waals surface area contributed by atoms with Crippen molar-refractivity contribution in [3.63, 3.8) is 0 Å². The van der Waals surface area contributed by atoms with E-state index in [9.17, 15) is 9.59 Å². The summed E-state index contributed by atoms with van der Waals surface area (Å²) in [6, 6.07) is 23.7. The molecule has 0 spiro atoms. The number of methoxy groups -OCH3 is 1. The summed E-state index contributed by atoms with van der Waals surface area (Å²) in [5.41, 5.74) is 1.35. The Morgan fingerprint density at radius 3 is 1.67 bits per heavy atom. The van der Waals surface area contributed by atoms with Crippen LogP contribution in [0, 0.1) is 0 Å². The number of para-hydroxylation sites is 1. The molecule has 0 saturated carbocycles. The summed E-state index contributed by atoms with van der Waals surface area (Å²) < 4.78 is 10.8. The number of thioether (sulfide) groups is 1. The highest BCUT2D eigenvalue weighted by Gasteiger charge is 2.07. The third-order valence-electron chi connectivity index (χ3n) is 3.96. The molecule has 6 nitrogen and oxygen atoms in total. The van der Waals surface area contributed by atoms with E-state index in [1.54, 1.807) is 55.6 Å². The van der Waals surface area contributed by atoms with E-state index < -0.39 is 0 Å². The molecule has 0 fully saturated rings. The summed E-state index contributed by atoms with van der Waals surface area (Å²) in [5, 5.41) is 5.59. The molecule has 154 valence electrons. The minimum absolute atomic E-state index is 0.166. The molecular formula is C23H22N2O4S. The second kappa shape index (κ2) is 10.9. The number of nitrogens with one attached hydrogen (secondary N) is 2. The topological polar surface area (TPSA) is 76.7 Å². The predicted octanol–water partition coefficient (Wildman–Crippen LogP) is 4.80. The van der Waals surface area contributed by atoms with Crippen LogP contribution in [0.4, 0.5) is 11.4 Å². The van der Waals surface area contributed by atoms with Gasteiger partial charge in [0.25, 0.3) is 0 Å². The zero-order valence-electron chi connectivity index (χ0n) is 16.5. The van der Waals surface area contributed by atoms with E-state index in [2.05, 4.69) is 10.6 Å². The Morgan fingerprint density at radius 1 is 0.700 bits per heavy atom. The molecule has 0 aliphatic rings. The third kappa shape index (κ3) is 6.86. The van der Waals surface area contributed by atoms with Gasteiger partial charge < -0.3 is 20.1 Å². The Bertz CT molecular complexity index is 961. The molecule has 0 bridgehead atoms. The van der Waals surface area contributed by atoms with Gasteiger partial charge in [-0.1, -0.05) is 18.2 Å². The van der Waals surface area contributed by atoms with E-state index in [-0.39, 0.29) is 23.3 Å². The van der Waals surface area contributed by atoms with Gasteiger partial charge in [-0.25, -0.2) is 0 Å². The third-order valence-corrected chi connectivity index (χ3v) is 4.89. The summed E-state index contributed by atoms with van der Waals surface area (Å²) in [5.74, 6) is 2.18. The molecule has 2 N–H and O–H groups in total. The Kier molecular flexibility index (Phi) is 7.74. The SMILES string of the molecule is COc1ccc(NC(=O)CSCC(=O)Nc2ccc(Oc3ccccc3)cc2)cc1. The zero-order valence-corrected chi connectivity index (χ0v) is 17.3. The lowest BCUT2D eigenvalue weighted by atomic mass is 10.3. The van der Waals surface area contributed by atoms with E-state index in [0.29, 0.717) is 17.1 Å². The van der Waals surface area contributed by atoms with Gasteiger partial charge in [0.05, 0.1) is 18.6 Å². The fourth-order valence-electron chi connectivity index (χ4n) is 2.54. The number of anilines is 2. The van der Waals surface area contributed by atoms with Crippen LogP contribution in [0.15, 0.2) is 78.9 Å². The van der Waals surface area contributed by atoms with Crippen LogP contribution in [0.25, 0.3) is 0 Å². The van der Waals surface area contributed by atoms with Gasteiger partial charge in [-0.3, -0.25) is 9.59 Å².